The summed E-state index contributed by atoms with van der Waals surface area (Å²) in [7, 11) is 0. The van der Waals surface area contributed by atoms with Gasteiger partial charge in [0.15, 0.2) is 0 Å². The van der Waals surface area contributed by atoms with E-state index in [9.17, 15) is 4.79 Å². The summed E-state index contributed by atoms with van der Waals surface area (Å²) < 4.78 is 6.50. The van der Waals surface area contributed by atoms with Crippen molar-refractivity contribution in [3.05, 3.63) is 50.7 Å². The average Bonchev–Trinajstić information content (AvgIpc) is 2.31. The highest BCUT2D eigenvalue weighted by molar-refractivity contribution is 14.1. The van der Waals surface area contributed by atoms with Crippen LogP contribution in [0.4, 0.5) is 0 Å². The number of carbonyl (C=O) groups is 1. The second-order valence-corrected chi connectivity index (χ2v) is 5.03. The number of ether oxygens (including phenoxy) is 1. The van der Waals surface area contributed by atoms with Crippen LogP contribution in [0.25, 0.3) is 0 Å². The summed E-state index contributed by atoms with van der Waals surface area (Å²) in [6.45, 7) is 0. The van der Waals surface area contributed by atoms with Gasteiger partial charge in [0, 0.05) is 9.77 Å². The lowest BCUT2D eigenvalue weighted by Crippen LogP contribution is -1.98. The van der Waals surface area contributed by atoms with Crippen LogP contribution in [0, 0.1) is 3.57 Å². The van der Waals surface area contributed by atoms with Crippen LogP contribution < -0.4 is 4.74 Å². The summed E-state index contributed by atoms with van der Waals surface area (Å²) in [6.07, 6.45) is 1.21. The molecule has 0 saturated heterocycles. The van der Waals surface area contributed by atoms with Gasteiger partial charge >= 0.3 is 5.97 Å². The van der Waals surface area contributed by atoms with Crippen molar-refractivity contribution in [3.63, 3.8) is 0 Å². The van der Waals surface area contributed by atoms with Gasteiger partial charge < -0.3 is 9.84 Å². The van der Waals surface area contributed by atoms with Crippen LogP contribution in [-0.2, 0) is 0 Å². The Labute approximate surface area is 122 Å². The van der Waals surface area contributed by atoms with Crippen molar-refractivity contribution in [2.45, 2.75) is 0 Å². The SMILES string of the molecule is O=C(O)c1cnc(Oc2cccc(I)c2)c(Cl)c1. The number of benzene rings is 1. The molecule has 0 aliphatic carbocycles. The Morgan fingerprint density at radius 1 is 1.39 bits per heavy atom. The number of hydrogen-bond donors (Lipinski definition) is 1. The van der Waals surface area contributed by atoms with E-state index in [1.54, 1.807) is 6.07 Å². The van der Waals surface area contributed by atoms with Gasteiger partial charge in [-0.15, -0.1) is 0 Å². The topological polar surface area (TPSA) is 59.4 Å². The number of aromatic carboxylic acids is 1. The predicted molar refractivity (Wildman–Crippen MR) is 75.4 cm³/mol. The van der Waals surface area contributed by atoms with Gasteiger partial charge in [-0.3, -0.25) is 0 Å². The van der Waals surface area contributed by atoms with Gasteiger partial charge in [-0.25, -0.2) is 9.78 Å². The molecule has 0 spiro atoms. The first-order valence-electron chi connectivity index (χ1n) is 4.88. The third-order valence-corrected chi connectivity index (χ3v) is 3.01. The fraction of sp³-hybridized carbons (Fsp3) is 0. The van der Waals surface area contributed by atoms with Crippen LogP contribution in [0.5, 0.6) is 11.6 Å². The molecule has 0 atom stereocenters. The molecule has 0 bridgehead atoms. The summed E-state index contributed by atoms with van der Waals surface area (Å²) >= 11 is 8.07. The van der Waals surface area contributed by atoms with E-state index < -0.39 is 5.97 Å². The molecule has 1 heterocycles. The number of halogens is 2. The molecule has 2 aromatic rings. The van der Waals surface area contributed by atoms with E-state index in [0.29, 0.717) is 5.75 Å². The van der Waals surface area contributed by atoms with Gasteiger partial charge in [-0.1, -0.05) is 17.7 Å². The van der Waals surface area contributed by atoms with Crippen LogP contribution >= 0.6 is 34.2 Å². The molecule has 92 valence electrons. The minimum absolute atomic E-state index is 0.0231. The highest BCUT2D eigenvalue weighted by atomic mass is 127. The second-order valence-electron chi connectivity index (χ2n) is 3.38. The standard InChI is InChI=1S/C12H7ClINO3/c13-10-4-7(12(16)17)6-15-11(10)18-9-3-1-2-8(14)5-9/h1-6H,(H,16,17). The zero-order valence-corrected chi connectivity index (χ0v) is 11.8. The van der Waals surface area contributed by atoms with E-state index in [-0.39, 0.29) is 16.5 Å². The van der Waals surface area contributed by atoms with Crippen LogP contribution in [-0.4, -0.2) is 16.1 Å². The van der Waals surface area contributed by atoms with E-state index in [1.807, 2.05) is 18.2 Å². The second kappa shape index (κ2) is 5.53. The molecular formula is C12H7ClINO3. The highest BCUT2D eigenvalue weighted by Crippen LogP contribution is 2.28. The smallest absolute Gasteiger partial charge is 0.337 e. The summed E-state index contributed by atoms with van der Waals surface area (Å²) in [4.78, 5) is 14.6. The number of rotatable bonds is 3. The van der Waals surface area contributed by atoms with Gasteiger partial charge in [0.2, 0.25) is 5.88 Å². The van der Waals surface area contributed by atoms with Crippen molar-refractivity contribution in [1.82, 2.24) is 4.98 Å². The molecule has 6 heteroatoms. The maximum Gasteiger partial charge on any atom is 0.337 e. The van der Waals surface area contributed by atoms with Crippen LogP contribution in [0.3, 0.4) is 0 Å². The summed E-state index contributed by atoms with van der Waals surface area (Å²) in [5.74, 6) is -0.298. The summed E-state index contributed by atoms with van der Waals surface area (Å²) in [5, 5.41) is 8.95. The molecule has 0 aliphatic heterocycles. The zero-order valence-electron chi connectivity index (χ0n) is 8.93. The molecular weight excluding hydrogens is 368 g/mol. The van der Waals surface area contributed by atoms with Crippen molar-refractivity contribution < 1.29 is 14.6 Å². The van der Waals surface area contributed by atoms with Gasteiger partial charge in [-0.2, -0.15) is 0 Å². The number of pyridine rings is 1. The Bertz CT molecular complexity index is 604. The van der Waals surface area contributed by atoms with E-state index in [2.05, 4.69) is 27.6 Å². The fourth-order valence-corrected chi connectivity index (χ4v) is 1.98. The number of aromatic nitrogens is 1. The molecule has 4 nitrogen and oxygen atoms in total. The third kappa shape index (κ3) is 3.11. The largest absolute Gasteiger partial charge is 0.478 e. The van der Waals surface area contributed by atoms with Crippen molar-refractivity contribution in [2.75, 3.05) is 0 Å². The molecule has 1 N–H and O–H groups in total. The number of nitrogens with zero attached hydrogens (tertiary/aromatic N) is 1. The first-order valence-corrected chi connectivity index (χ1v) is 6.34. The fourth-order valence-electron chi connectivity index (χ4n) is 1.26. The highest BCUT2D eigenvalue weighted by Gasteiger charge is 2.10. The first-order chi connectivity index (χ1) is 8.56. The number of hydrogen-bond acceptors (Lipinski definition) is 3. The number of carboxylic acid groups (broad SMARTS) is 1. The lowest BCUT2D eigenvalue weighted by Gasteiger charge is -2.07. The Morgan fingerprint density at radius 3 is 2.78 bits per heavy atom. The average molecular weight is 376 g/mol. The van der Waals surface area contributed by atoms with Crippen molar-refractivity contribution in [3.8, 4) is 11.6 Å². The maximum absolute atomic E-state index is 10.7. The Hall–Kier alpha value is -1.34. The molecule has 0 unspecified atom stereocenters. The van der Waals surface area contributed by atoms with Gasteiger partial charge in [0.05, 0.1) is 5.56 Å². The van der Waals surface area contributed by atoms with E-state index >= 15 is 0 Å². The van der Waals surface area contributed by atoms with E-state index in [4.69, 9.17) is 21.4 Å². The van der Waals surface area contributed by atoms with E-state index in [0.717, 1.165) is 3.57 Å². The Balaban J connectivity index is 2.27. The molecule has 0 saturated carbocycles. The summed E-state index contributed by atoms with van der Waals surface area (Å²) in [5.41, 5.74) is 0.0231. The molecule has 1 aromatic heterocycles. The molecule has 0 radical (unpaired) electrons. The van der Waals surface area contributed by atoms with Gasteiger partial charge in [0.25, 0.3) is 0 Å². The van der Waals surface area contributed by atoms with Crippen molar-refractivity contribution >= 4 is 40.2 Å². The molecule has 18 heavy (non-hydrogen) atoms. The van der Waals surface area contributed by atoms with Crippen molar-refractivity contribution in [1.29, 1.82) is 0 Å². The Kier molecular flexibility index (Phi) is 4.03. The monoisotopic (exact) mass is 375 g/mol. The van der Waals surface area contributed by atoms with Crippen LogP contribution in [0.1, 0.15) is 10.4 Å². The van der Waals surface area contributed by atoms with Gasteiger partial charge in [-0.05, 0) is 46.9 Å². The molecule has 0 aliphatic rings. The lowest BCUT2D eigenvalue weighted by molar-refractivity contribution is 0.0696. The molecule has 1 aromatic carbocycles. The minimum Gasteiger partial charge on any atom is -0.478 e. The quantitative estimate of drug-likeness (QED) is 0.828. The maximum atomic E-state index is 10.7. The van der Waals surface area contributed by atoms with Crippen LogP contribution in [0.2, 0.25) is 5.02 Å². The van der Waals surface area contributed by atoms with Crippen molar-refractivity contribution in [2.24, 2.45) is 0 Å². The third-order valence-electron chi connectivity index (χ3n) is 2.06. The first kappa shape index (κ1) is 13.1. The summed E-state index contributed by atoms with van der Waals surface area (Å²) in [6, 6.07) is 8.67. The zero-order chi connectivity index (χ0) is 13.1. The predicted octanol–water partition coefficient (Wildman–Crippen LogP) is 3.83. The normalized spacial score (nSPS) is 10.1. The van der Waals surface area contributed by atoms with E-state index in [1.165, 1.54) is 12.3 Å². The Morgan fingerprint density at radius 2 is 2.17 bits per heavy atom. The minimum atomic E-state index is -1.08. The molecule has 0 amide bonds. The van der Waals surface area contributed by atoms with Crippen LogP contribution in [0.15, 0.2) is 36.5 Å². The molecule has 0 fully saturated rings. The van der Waals surface area contributed by atoms with Gasteiger partial charge in [0.1, 0.15) is 10.8 Å². The molecule has 2 rings (SSSR count). The number of carboxylic acids is 1. The lowest BCUT2D eigenvalue weighted by atomic mass is 10.3.